The number of para-hydroxylation sites is 3. The van der Waals surface area contributed by atoms with Gasteiger partial charge in [0.25, 0.3) is 0 Å². The van der Waals surface area contributed by atoms with Crippen molar-refractivity contribution in [2.75, 3.05) is 14.9 Å². The van der Waals surface area contributed by atoms with Crippen molar-refractivity contribution in [1.29, 1.82) is 0 Å². The summed E-state index contributed by atoms with van der Waals surface area (Å²) in [6, 6.07) is 48.1. The van der Waals surface area contributed by atoms with Gasteiger partial charge in [-0.15, -0.1) is 5.10 Å². The quantitative estimate of drug-likeness (QED) is 0.179. The van der Waals surface area contributed by atoms with E-state index in [9.17, 15) is 0 Å². The van der Waals surface area contributed by atoms with Crippen LogP contribution in [0.1, 0.15) is 18.4 Å². The summed E-state index contributed by atoms with van der Waals surface area (Å²) in [7, 11) is 0. The lowest BCUT2D eigenvalue weighted by Crippen LogP contribution is -2.52. The molecule has 0 atom stereocenters. The van der Waals surface area contributed by atoms with Crippen LogP contribution in [0.15, 0.2) is 187 Å². The van der Waals surface area contributed by atoms with Crippen LogP contribution in [0.4, 0.5) is 22.7 Å². The SMILES string of the molecule is C1=CC2=C(CC1)N(c1cc(-c3ccccn3)cc(-c3ccccn3)c1)c1ccccc1N2N1N=CC(c2ccccc2)=CN1c1ccccc1. The molecule has 7 heteroatoms. The minimum absolute atomic E-state index is 0.859. The number of hydrazine groups is 2. The van der Waals surface area contributed by atoms with Gasteiger partial charge in [0.05, 0.1) is 40.4 Å². The Balaban J connectivity index is 1.22. The lowest BCUT2D eigenvalue weighted by atomic mass is 9.98. The second-order valence-electron chi connectivity index (χ2n) is 12.3. The van der Waals surface area contributed by atoms with Gasteiger partial charge >= 0.3 is 0 Å². The van der Waals surface area contributed by atoms with Crippen molar-refractivity contribution in [2.45, 2.75) is 12.8 Å². The molecule has 0 amide bonds. The Morgan fingerprint density at radius 1 is 0.560 bits per heavy atom. The zero-order chi connectivity index (χ0) is 33.3. The molecule has 2 aromatic heterocycles. The molecule has 7 nitrogen and oxygen atoms in total. The Bertz CT molecular complexity index is 2220. The molecule has 1 aliphatic carbocycles. The monoisotopic (exact) mass is 647 g/mol. The summed E-state index contributed by atoms with van der Waals surface area (Å²) in [5.41, 5.74) is 12.4. The lowest BCUT2D eigenvalue weighted by molar-refractivity contribution is 0.281. The highest BCUT2D eigenvalue weighted by molar-refractivity contribution is 6.11. The average Bonchev–Trinajstić information content (AvgIpc) is 3.21. The molecule has 3 aliphatic rings. The van der Waals surface area contributed by atoms with Crippen molar-refractivity contribution in [3.05, 3.63) is 187 Å². The third kappa shape index (κ3) is 5.31. The van der Waals surface area contributed by atoms with E-state index in [-0.39, 0.29) is 0 Å². The molecule has 6 aromatic rings. The molecule has 0 saturated carbocycles. The van der Waals surface area contributed by atoms with Gasteiger partial charge in [-0.3, -0.25) is 9.97 Å². The van der Waals surface area contributed by atoms with Crippen LogP contribution in [0.2, 0.25) is 0 Å². The Morgan fingerprint density at radius 3 is 1.88 bits per heavy atom. The molecule has 0 radical (unpaired) electrons. The van der Waals surface area contributed by atoms with Crippen molar-refractivity contribution in [1.82, 2.24) is 15.2 Å². The molecule has 0 bridgehead atoms. The fraction of sp³-hybridized carbons (Fsp3) is 0.0465. The molecular weight excluding hydrogens is 615 g/mol. The number of benzene rings is 4. The minimum Gasteiger partial charge on any atom is -0.310 e. The third-order valence-corrected chi connectivity index (χ3v) is 9.13. The maximum Gasteiger partial charge on any atom is 0.0909 e. The van der Waals surface area contributed by atoms with Gasteiger partial charge in [0, 0.05) is 46.7 Å². The minimum atomic E-state index is 0.859. The topological polar surface area (TPSA) is 51.1 Å². The number of nitrogens with zero attached hydrogens (tertiary/aromatic N) is 7. The number of rotatable bonds is 6. The first kappa shape index (κ1) is 29.4. The van der Waals surface area contributed by atoms with Gasteiger partial charge in [-0.2, -0.15) is 0 Å². The van der Waals surface area contributed by atoms with E-state index in [4.69, 9.17) is 15.1 Å². The average molecular weight is 648 g/mol. The largest absolute Gasteiger partial charge is 0.310 e. The van der Waals surface area contributed by atoms with E-state index in [1.165, 1.54) is 5.70 Å². The van der Waals surface area contributed by atoms with Crippen LogP contribution in [0.25, 0.3) is 28.1 Å². The maximum absolute atomic E-state index is 5.15. The smallest absolute Gasteiger partial charge is 0.0909 e. The summed E-state index contributed by atoms with van der Waals surface area (Å²) in [6.07, 6.45) is 14.1. The summed E-state index contributed by atoms with van der Waals surface area (Å²) < 4.78 is 0. The number of anilines is 4. The van der Waals surface area contributed by atoms with Crippen molar-refractivity contribution >= 4 is 34.5 Å². The van der Waals surface area contributed by atoms with Gasteiger partial charge in [0.2, 0.25) is 0 Å². The fourth-order valence-corrected chi connectivity index (χ4v) is 6.83. The zero-order valence-electron chi connectivity index (χ0n) is 27.3. The Kier molecular flexibility index (Phi) is 7.48. The van der Waals surface area contributed by atoms with Crippen LogP contribution in [0, 0.1) is 0 Å². The van der Waals surface area contributed by atoms with Crippen molar-refractivity contribution in [2.24, 2.45) is 5.10 Å². The molecule has 50 heavy (non-hydrogen) atoms. The van der Waals surface area contributed by atoms with E-state index in [0.29, 0.717) is 0 Å². The van der Waals surface area contributed by atoms with Gasteiger partial charge < -0.3 is 4.90 Å². The molecule has 9 rings (SSSR count). The van der Waals surface area contributed by atoms with E-state index in [1.54, 1.807) is 0 Å². The number of hydrogen-bond donors (Lipinski definition) is 0. The van der Waals surface area contributed by atoms with Gasteiger partial charge in [-0.05, 0) is 91.2 Å². The predicted molar refractivity (Wildman–Crippen MR) is 203 cm³/mol. The van der Waals surface area contributed by atoms with Crippen molar-refractivity contribution in [3.8, 4) is 22.5 Å². The van der Waals surface area contributed by atoms with E-state index in [2.05, 4.69) is 136 Å². The number of hydrazone groups is 1. The number of aromatic nitrogens is 2. The highest BCUT2D eigenvalue weighted by Gasteiger charge is 2.37. The molecule has 0 saturated heterocycles. The van der Waals surface area contributed by atoms with Crippen molar-refractivity contribution < 1.29 is 0 Å². The van der Waals surface area contributed by atoms with Crippen LogP contribution in [-0.4, -0.2) is 21.4 Å². The number of allylic oxidation sites excluding steroid dienone is 4. The molecule has 0 unspecified atom stereocenters. The van der Waals surface area contributed by atoms with E-state index < -0.39 is 0 Å². The first-order valence-corrected chi connectivity index (χ1v) is 16.8. The molecule has 240 valence electrons. The van der Waals surface area contributed by atoms with E-state index in [0.717, 1.165) is 74.9 Å². The maximum atomic E-state index is 5.15. The summed E-state index contributed by atoms with van der Waals surface area (Å²) >= 11 is 0. The lowest BCUT2D eigenvalue weighted by Gasteiger charge is -2.48. The number of pyridine rings is 2. The first-order chi connectivity index (χ1) is 24.8. The third-order valence-electron chi connectivity index (χ3n) is 9.13. The highest BCUT2D eigenvalue weighted by atomic mass is 16.0. The van der Waals surface area contributed by atoms with Gasteiger partial charge in [0.1, 0.15) is 0 Å². The molecule has 2 aliphatic heterocycles. The summed E-state index contributed by atoms with van der Waals surface area (Å²) in [5, 5.41) is 11.5. The number of hydrogen-bond acceptors (Lipinski definition) is 7. The molecule has 4 aromatic carbocycles. The predicted octanol–water partition coefficient (Wildman–Crippen LogP) is 10.0. The summed E-state index contributed by atoms with van der Waals surface area (Å²) in [4.78, 5) is 11.9. The summed E-state index contributed by atoms with van der Waals surface area (Å²) in [6.45, 7) is 0. The van der Waals surface area contributed by atoms with Gasteiger partial charge in [0.15, 0.2) is 0 Å². The van der Waals surface area contributed by atoms with Crippen LogP contribution >= 0.6 is 0 Å². The molecule has 0 N–H and O–H groups in total. The Labute approximate surface area is 291 Å². The van der Waals surface area contributed by atoms with Crippen LogP contribution < -0.4 is 14.9 Å². The van der Waals surface area contributed by atoms with Crippen LogP contribution in [0.3, 0.4) is 0 Å². The normalized spacial score (nSPS) is 15.2. The Morgan fingerprint density at radius 2 is 1.20 bits per heavy atom. The standard InChI is InChI=1S/C43H33N7/c1-3-15-32(16-4-1)35-30-46-50(47(31-35)36-17-5-2-6-18-36)49-42-23-9-7-21-40(42)48(41-22-8-10-24-43(41)49)37-28-33(38-19-11-13-25-44-38)27-34(29-37)39-20-12-14-26-45-39/h1-7,9-21,23-31H,8,22H2. The number of fused-ring (bicyclic) bond motifs is 1. The molecule has 0 fully saturated rings. The fourth-order valence-electron chi connectivity index (χ4n) is 6.83. The second-order valence-corrected chi connectivity index (χ2v) is 12.3. The van der Waals surface area contributed by atoms with Gasteiger partial charge in [-0.1, -0.05) is 84.1 Å². The van der Waals surface area contributed by atoms with E-state index >= 15 is 0 Å². The first-order valence-electron chi connectivity index (χ1n) is 16.8. The van der Waals surface area contributed by atoms with Crippen LogP contribution in [-0.2, 0) is 0 Å². The molecule has 4 heterocycles. The zero-order valence-corrected chi connectivity index (χ0v) is 27.3. The molecular formula is C43H33N7. The molecule has 0 spiro atoms. The summed E-state index contributed by atoms with van der Waals surface area (Å²) in [5.74, 6) is 0. The highest BCUT2D eigenvalue weighted by Crippen LogP contribution is 2.49. The van der Waals surface area contributed by atoms with Gasteiger partial charge in [-0.25, -0.2) is 10.0 Å². The second kappa shape index (κ2) is 12.7. The van der Waals surface area contributed by atoms with Crippen molar-refractivity contribution in [3.63, 3.8) is 0 Å². The van der Waals surface area contributed by atoms with E-state index in [1.807, 2.05) is 60.2 Å². The Hall–Kier alpha value is -6.73. The van der Waals surface area contributed by atoms with Crippen LogP contribution in [0.5, 0.6) is 0 Å².